The van der Waals surface area contributed by atoms with Crippen molar-refractivity contribution in [2.24, 2.45) is 5.92 Å². The highest BCUT2D eigenvalue weighted by molar-refractivity contribution is 7.12. The lowest BCUT2D eigenvalue weighted by atomic mass is 9.96. The van der Waals surface area contributed by atoms with E-state index in [4.69, 9.17) is 4.74 Å². The molecule has 1 saturated heterocycles. The molecule has 0 spiro atoms. The van der Waals surface area contributed by atoms with Crippen molar-refractivity contribution in [2.45, 2.75) is 18.9 Å². The maximum absolute atomic E-state index is 12.7. The van der Waals surface area contributed by atoms with E-state index in [1.807, 2.05) is 35.7 Å². The van der Waals surface area contributed by atoms with Crippen LogP contribution in [0.4, 0.5) is 0 Å². The summed E-state index contributed by atoms with van der Waals surface area (Å²) < 4.78 is 5.64. The molecule has 0 N–H and O–H groups in total. The zero-order valence-corrected chi connectivity index (χ0v) is 16.9. The third kappa shape index (κ3) is 4.59. The van der Waals surface area contributed by atoms with Crippen molar-refractivity contribution >= 4 is 29.1 Å². The van der Waals surface area contributed by atoms with E-state index in [0.717, 1.165) is 0 Å². The van der Waals surface area contributed by atoms with E-state index in [1.165, 1.54) is 16.2 Å². The molecule has 1 aromatic carbocycles. The Morgan fingerprint density at radius 2 is 1.75 bits per heavy atom. The number of rotatable bonds is 5. The molecule has 1 fully saturated rings. The van der Waals surface area contributed by atoms with E-state index in [1.54, 1.807) is 31.1 Å². The van der Waals surface area contributed by atoms with E-state index in [9.17, 15) is 14.4 Å². The number of likely N-dealkylation sites (N-methyl/N-ethyl adjacent to an activating group) is 1. The molecule has 6 nitrogen and oxygen atoms in total. The molecule has 148 valence electrons. The summed E-state index contributed by atoms with van der Waals surface area (Å²) >= 11 is 1.42. The fourth-order valence-electron chi connectivity index (χ4n) is 3.21. The summed E-state index contributed by atoms with van der Waals surface area (Å²) in [5, 5.41) is 1.88. The van der Waals surface area contributed by atoms with Crippen LogP contribution in [0.5, 0.6) is 0 Å². The van der Waals surface area contributed by atoms with Crippen molar-refractivity contribution in [2.75, 3.05) is 27.2 Å². The Kier molecular flexibility index (Phi) is 6.46. The predicted octanol–water partition coefficient (Wildman–Crippen LogP) is 2.97. The quantitative estimate of drug-likeness (QED) is 0.724. The average Bonchev–Trinajstić information content (AvgIpc) is 3.26. The average molecular weight is 401 g/mol. The Morgan fingerprint density at radius 3 is 2.32 bits per heavy atom. The van der Waals surface area contributed by atoms with E-state index in [-0.39, 0.29) is 23.7 Å². The standard InChI is InChI=1S/C21H24N2O4S/c1-22(2)20(25)18(15-7-4-3-5-8-15)27-21(26)16-10-12-23(13-11-16)19(24)17-9-6-14-28-17/h3-9,14,16,18H,10-13H2,1-2H3/t18-/m0/s1. The number of esters is 1. The van der Waals surface area contributed by atoms with Crippen molar-refractivity contribution in [1.29, 1.82) is 0 Å². The Labute approximate surface area is 168 Å². The number of benzene rings is 1. The van der Waals surface area contributed by atoms with Gasteiger partial charge in [0, 0.05) is 32.7 Å². The van der Waals surface area contributed by atoms with Gasteiger partial charge in [0.2, 0.25) is 6.10 Å². The van der Waals surface area contributed by atoms with Crippen LogP contribution in [0.25, 0.3) is 0 Å². The summed E-state index contributed by atoms with van der Waals surface area (Å²) in [7, 11) is 3.28. The lowest BCUT2D eigenvalue weighted by Crippen LogP contribution is -2.41. The van der Waals surface area contributed by atoms with Crippen molar-refractivity contribution < 1.29 is 19.1 Å². The fourth-order valence-corrected chi connectivity index (χ4v) is 3.90. The number of ether oxygens (including phenoxy) is 1. The number of likely N-dealkylation sites (tertiary alicyclic amines) is 1. The summed E-state index contributed by atoms with van der Waals surface area (Å²) in [6.45, 7) is 1.02. The summed E-state index contributed by atoms with van der Waals surface area (Å²) in [4.78, 5) is 41.6. The van der Waals surface area contributed by atoms with Crippen LogP contribution in [0, 0.1) is 5.92 Å². The minimum absolute atomic E-state index is 0.00626. The molecule has 1 atom stereocenters. The van der Waals surface area contributed by atoms with Crippen LogP contribution >= 0.6 is 11.3 Å². The van der Waals surface area contributed by atoms with Gasteiger partial charge in [0.15, 0.2) is 0 Å². The molecule has 0 aliphatic carbocycles. The molecule has 2 aromatic rings. The number of carbonyl (C=O) groups is 3. The molecule has 0 radical (unpaired) electrons. The van der Waals surface area contributed by atoms with Gasteiger partial charge in [-0.3, -0.25) is 14.4 Å². The molecular formula is C21H24N2O4S. The fraction of sp³-hybridized carbons (Fsp3) is 0.381. The second kappa shape index (κ2) is 9.01. The van der Waals surface area contributed by atoms with E-state index >= 15 is 0 Å². The highest BCUT2D eigenvalue weighted by atomic mass is 32.1. The second-order valence-corrected chi connectivity index (χ2v) is 7.95. The lowest BCUT2D eigenvalue weighted by Gasteiger charge is -2.31. The molecule has 7 heteroatoms. The van der Waals surface area contributed by atoms with Gasteiger partial charge in [-0.25, -0.2) is 0 Å². The predicted molar refractivity (Wildman–Crippen MR) is 107 cm³/mol. The minimum Gasteiger partial charge on any atom is -0.447 e. The Bertz CT molecular complexity index is 812. The zero-order valence-electron chi connectivity index (χ0n) is 16.0. The Balaban J connectivity index is 1.62. The van der Waals surface area contributed by atoms with Crippen LogP contribution in [-0.4, -0.2) is 54.8 Å². The number of nitrogens with zero attached hydrogens (tertiary/aromatic N) is 2. The number of hydrogen-bond acceptors (Lipinski definition) is 5. The zero-order chi connectivity index (χ0) is 20.1. The second-order valence-electron chi connectivity index (χ2n) is 7.00. The maximum atomic E-state index is 12.7. The van der Waals surface area contributed by atoms with Gasteiger partial charge in [0.1, 0.15) is 0 Å². The van der Waals surface area contributed by atoms with Gasteiger partial charge in [0.05, 0.1) is 10.8 Å². The van der Waals surface area contributed by atoms with Crippen LogP contribution in [-0.2, 0) is 14.3 Å². The van der Waals surface area contributed by atoms with Crippen molar-refractivity contribution in [3.8, 4) is 0 Å². The lowest BCUT2D eigenvalue weighted by molar-refractivity contribution is -0.164. The smallest absolute Gasteiger partial charge is 0.310 e. The third-order valence-corrected chi connectivity index (χ3v) is 5.71. The van der Waals surface area contributed by atoms with Crippen LogP contribution in [0.15, 0.2) is 47.8 Å². The molecule has 2 heterocycles. The number of carbonyl (C=O) groups excluding carboxylic acids is 3. The van der Waals surface area contributed by atoms with Crippen LogP contribution in [0.2, 0.25) is 0 Å². The minimum atomic E-state index is -0.950. The van der Waals surface area contributed by atoms with Crippen LogP contribution < -0.4 is 0 Å². The molecule has 0 unspecified atom stereocenters. The van der Waals surface area contributed by atoms with Crippen LogP contribution in [0.3, 0.4) is 0 Å². The molecule has 0 bridgehead atoms. The molecule has 0 saturated carbocycles. The number of hydrogen-bond donors (Lipinski definition) is 0. The first kappa shape index (κ1) is 20.1. The first-order chi connectivity index (χ1) is 13.5. The molecule has 3 rings (SSSR count). The largest absolute Gasteiger partial charge is 0.447 e. The third-order valence-electron chi connectivity index (χ3n) is 4.85. The Morgan fingerprint density at radius 1 is 1.07 bits per heavy atom. The van der Waals surface area contributed by atoms with Crippen molar-refractivity contribution in [1.82, 2.24) is 9.80 Å². The highest BCUT2D eigenvalue weighted by Gasteiger charge is 2.33. The maximum Gasteiger partial charge on any atom is 0.310 e. The van der Waals surface area contributed by atoms with Crippen molar-refractivity contribution in [3.05, 3.63) is 58.3 Å². The number of amides is 2. The monoisotopic (exact) mass is 400 g/mol. The van der Waals surface area contributed by atoms with E-state index in [0.29, 0.717) is 36.4 Å². The normalized spacial score (nSPS) is 15.7. The number of piperidine rings is 1. The van der Waals surface area contributed by atoms with Crippen molar-refractivity contribution in [3.63, 3.8) is 0 Å². The topological polar surface area (TPSA) is 66.9 Å². The van der Waals surface area contributed by atoms with Gasteiger partial charge >= 0.3 is 5.97 Å². The van der Waals surface area contributed by atoms with Gasteiger partial charge in [-0.1, -0.05) is 36.4 Å². The van der Waals surface area contributed by atoms with E-state index < -0.39 is 6.10 Å². The van der Waals surface area contributed by atoms with Gasteiger partial charge < -0.3 is 14.5 Å². The van der Waals surface area contributed by atoms with Gasteiger partial charge in [0.25, 0.3) is 11.8 Å². The molecule has 1 aliphatic heterocycles. The first-order valence-electron chi connectivity index (χ1n) is 9.26. The van der Waals surface area contributed by atoms with Crippen LogP contribution in [0.1, 0.15) is 34.2 Å². The summed E-state index contributed by atoms with van der Waals surface area (Å²) in [6.07, 6.45) is 0.121. The Hall–Kier alpha value is -2.67. The molecule has 1 aromatic heterocycles. The summed E-state index contributed by atoms with van der Waals surface area (Å²) in [6, 6.07) is 12.7. The van der Waals surface area contributed by atoms with Gasteiger partial charge in [-0.2, -0.15) is 0 Å². The molecule has 1 aliphatic rings. The highest BCUT2D eigenvalue weighted by Crippen LogP contribution is 2.26. The van der Waals surface area contributed by atoms with Gasteiger partial charge in [-0.15, -0.1) is 11.3 Å². The van der Waals surface area contributed by atoms with Gasteiger partial charge in [-0.05, 0) is 24.3 Å². The molecule has 2 amide bonds. The SMILES string of the molecule is CN(C)C(=O)[C@@H](OC(=O)C1CCN(C(=O)c2cccs2)CC1)c1ccccc1. The summed E-state index contributed by atoms with van der Waals surface area (Å²) in [5.41, 5.74) is 0.653. The first-order valence-corrected chi connectivity index (χ1v) is 10.1. The van der Waals surface area contributed by atoms with E-state index in [2.05, 4.69) is 0 Å². The number of thiophene rings is 1. The molecule has 28 heavy (non-hydrogen) atoms. The molecular weight excluding hydrogens is 376 g/mol. The summed E-state index contributed by atoms with van der Waals surface area (Å²) in [5.74, 6) is -0.961.